The second-order valence-corrected chi connectivity index (χ2v) is 6.95. The van der Waals surface area contributed by atoms with Crippen LogP contribution >= 0.6 is 11.8 Å². The van der Waals surface area contributed by atoms with Gasteiger partial charge >= 0.3 is 5.97 Å². The second kappa shape index (κ2) is 9.85. The third-order valence-electron chi connectivity index (χ3n) is 4.10. The Morgan fingerprint density at radius 2 is 1.96 bits per heavy atom. The van der Waals surface area contributed by atoms with Gasteiger partial charge in [0, 0.05) is 23.5 Å². The van der Waals surface area contributed by atoms with Gasteiger partial charge in [0.15, 0.2) is 11.3 Å². The van der Waals surface area contributed by atoms with Gasteiger partial charge in [0.1, 0.15) is 0 Å². The number of hydrogen-bond donors (Lipinski definition) is 1. The molecule has 1 heterocycles. The van der Waals surface area contributed by atoms with Crippen LogP contribution < -0.4 is 5.32 Å². The lowest BCUT2D eigenvalue weighted by Crippen LogP contribution is -2.30. The number of hydrogen-bond acceptors (Lipinski definition) is 7. The molecule has 8 heteroatoms. The van der Waals surface area contributed by atoms with Crippen LogP contribution in [-0.4, -0.2) is 34.2 Å². The highest BCUT2D eigenvalue weighted by molar-refractivity contribution is 7.98. The number of carbonyl (C=O) groups excluding carboxylic acids is 2. The molecule has 1 N–H and O–H groups in total. The van der Waals surface area contributed by atoms with E-state index in [9.17, 15) is 9.59 Å². The summed E-state index contributed by atoms with van der Waals surface area (Å²) in [5.41, 5.74) is 3.51. The van der Waals surface area contributed by atoms with E-state index in [1.807, 2.05) is 26.2 Å². The van der Waals surface area contributed by atoms with Crippen LogP contribution in [0.5, 0.6) is 0 Å². The number of aryl methyl sites for hydroxylation is 2. The molecule has 0 aliphatic carbocycles. The van der Waals surface area contributed by atoms with Crippen LogP contribution in [0.4, 0.5) is 5.69 Å². The average molecular weight is 398 g/mol. The zero-order chi connectivity index (χ0) is 20.7. The predicted octanol–water partition coefficient (Wildman–Crippen LogP) is 3.19. The van der Waals surface area contributed by atoms with E-state index in [-0.39, 0.29) is 6.42 Å². The highest BCUT2D eigenvalue weighted by Gasteiger charge is 2.19. The lowest BCUT2D eigenvalue weighted by molar-refractivity contribution is -0.153. The van der Waals surface area contributed by atoms with E-state index in [4.69, 9.17) is 10.00 Å². The molecule has 1 atom stereocenters. The molecule has 1 aromatic heterocycles. The molecule has 28 heavy (non-hydrogen) atoms. The summed E-state index contributed by atoms with van der Waals surface area (Å²) in [6.45, 7) is 5.29. The number of rotatable bonds is 7. The van der Waals surface area contributed by atoms with Crippen LogP contribution in [-0.2, 0) is 20.7 Å². The number of esters is 1. The third kappa shape index (κ3) is 5.79. The number of anilines is 1. The van der Waals surface area contributed by atoms with E-state index in [2.05, 4.69) is 15.3 Å². The van der Waals surface area contributed by atoms with Crippen molar-refractivity contribution in [1.82, 2.24) is 9.97 Å². The predicted molar refractivity (Wildman–Crippen MR) is 107 cm³/mol. The molecule has 0 bridgehead atoms. The molecule has 7 nitrogen and oxygen atoms in total. The van der Waals surface area contributed by atoms with Crippen LogP contribution in [0.25, 0.3) is 0 Å². The van der Waals surface area contributed by atoms with Crippen LogP contribution in [0.3, 0.4) is 0 Å². The third-order valence-corrected chi connectivity index (χ3v) is 4.65. The quantitative estimate of drug-likeness (QED) is 0.434. The molecular formula is C20H22N4O3S. The van der Waals surface area contributed by atoms with E-state index in [1.165, 1.54) is 18.7 Å². The minimum atomic E-state index is -0.949. The van der Waals surface area contributed by atoms with Crippen LogP contribution in [0, 0.1) is 25.2 Å². The van der Waals surface area contributed by atoms with Gasteiger partial charge in [-0.15, -0.1) is 0 Å². The first kappa shape index (κ1) is 21.4. The fourth-order valence-electron chi connectivity index (χ4n) is 2.61. The molecule has 0 aliphatic heterocycles. The van der Waals surface area contributed by atoms with E-state index in [0.29, 0.717) is 22.8 Å². The smallest absolute Gasteiger partial charge is 0.306 e. The Kier molecular flexibility index (Phi) is 7.52. The van der Waals surface area contributed by atoms with Crippen LogP contribution in [0.2, 0.25) is 0 Å². The number of nitrogens with one attached hydrogen (secondary N) is 1. The van der Waals surface area contributed by atoms with E-state index < -0.39 is 18.0 Å². The minimum absolute atomic E-state index is 0.130. The number of ether oxygens (including phenoxy) is 1. The molecule has 2 rings (SSSR count). The van der Waals surface area contributed by atoms with Crippen LogP contribution in [0.1, 0.15) is 35.9 Å². The van der Waals surface area contributed by atoms with Gasteiger partial charge in [-0.3, -0.25) is 9.59 Å². The number of benzene rings is 1. The van der Waals surface area contributed by atoms with Crippen molar-refractivity contribution in [3.63, 3.8) is 0 Å². The van der Waals surface area contributed by atoms with E-state index in [1.54, 1.807) is 24.3 Å². The Bertz CT molecular complexity index is 901. The summed E-state index contributed by atoms with van der Waals surface area (Å²) in [6, 6.07) is 8.52. The summed E-state index contributed by atoms with van der Waals surface area (Å²) in [5.74, 6) is -0.926. The highest BCUT2D eigenvalue weighted by Crippen LogP contribution is 2.17. The fraction of sp³-hybridized carbons (Fsp3) is 0.350. The highest BCUT2D eigenvalue weighted by atomic mass is 32.2. The average Bonchev–Trinajstić information content (AvgIpc) is 2.67. The van der Waals surface area contributed by atoms with Gasteiger partial charge in [-0.2, -0.15) is 5.26 Å². The number of nitriles is 1. The SMILES string of the molecule is CSc1nc(C)c(CCC(=O)O[C@H](C)C(=O)Nc2cccc(C#N)c2)c(C)n1. The van der Waals surface area contributed by atoms with Gasteiger partial charge in [0.25, 0.3) is 5.91 Å². The van der Waals surface area contributed by atoms with Gasteiger partial charge in [0.2, 0.25) is 0 Å². The van der Waals surface area contributed by atoms with Crippen molar-refractivity contribution < 1.29 is 14.3 Å². The Morgan fingerprint density at radius 1 is 1.29 bits per heavy atom. The molecule has 0 saturated heterocycles. The summed E-state index contributed by atoms with van der Waals surface area (Å²) in [6.07, 6.45) is 1.54. The van der Waals surface area contributed by atoms with Crippen molar-refractivity contribution in [3.05, 3.63) is 46.8 Å². The summed E-state index contributed by atoms with van der Waals surface area (Å²) < 4.78 is 5.23. The van der Waals surface area contributed by atoms with Crippen molar-refractivity contribution in [2.24, 2.45) is 0 Å². The molecule has 0 spiro atoms. The van der Waals surface area contributed by atoms with Gasteiger partial charge in [-0.05, 0) is 57.2 Å². The molecule has 1 amide bonds. The lowest BCUT2D eigenvalue weighted by Gasteiger charge is -2.14. The molecule has 146 valence electrons. The number of carbonyl (C=O) groups is 2. The zero-order valence-electron chi connectivity index (χ0n) is 16.3. The van der Waals surface area contributed by atoms with Gasteiger partial charge in [-0.1, -0.05) is 17.8 Å². The van der Waals surface area contributed by atoms with Crippen molar-refractivity contribution in [1.29, 1.82) is 5.26 Å². The Labute approximate surface area is 168 Å². The summed E-state index contributed by atoms with van der Waals surface area (Å²) in [5, 5.41) is 12.2. The molecule has 2 aromatic rings. The molecule has 0 aliphatic rings. The largest absolute Gasteiger partial charge is 0.453 e. The fourth-order valence-corrected chi connectivity index (χ4v) is 3.07. The van der Waals surface area contributed by atoms with Crippen LogP contribution in [0.15, 0.2) is 29.4 Å². The van der Waals surface area contributed by atoms with Gasteiger partial charge < -0.3 is 10.1 Å². The molecule has 0 fully saturated rings. The zero-order valence-corrected chi connectivity index (χ0v) is 17.1. The van der Waals surface area contributed by atoms with E-state index in [0.717, 1.165) is 17.0 Å². The standard InChI is InChI=1S/C20H22N4O3S/c1-12-17(13(2)23-20(22-12)28-4)8-9-18(25)27-14(3)19(26)24-16-7-5-6-15(10-16)11-21/h5-7,10,14H,8-9H2,1-4H3,(H,24,26)/t14-/m1/s1. The maximum atomic E-state index is 12.2. The Hall–Kier alpha value is -2.92. The minimum Gasteiger partial charge on any atom is -0.453 e. The van der Waals surface area contributed by atoms with Crippen molar-refractivity contribution >= 4 is 29.3 Å². The Morgan fingerprint density at radius 3 is 2.57 bits per heavy atom. The molecule has 0 unspecified atom stereocenters. The van der Waals surface area contributed by atoms with Gasteiger partial charge in [-0.25, -0.2) is 9.97 Å². The van der Waals surface area contributed by atoms with Crippen molar-refractivity contribution in [2.75, 3.05) is 11.6 Å². The lowest BCUT2D eigenvalue weighted by atomic mass is 10.1. The Balaban J connectivity index is 1.90. The normalized spacial score (nSPS) is 11.4. The second-order valence-electron chi connectivity index (χ2n) is 6.17. The first-order valence-electron chi connectivity index (χ1n) is 8.72. The number of thioether (sulfide) groups is 1. The summed E-state index contributed by atoms with van der Waals surface area (Å²) >= 11 is 1.47. The number of aromatic nitrogens is 2. The van der Waals surface area contributed by atoms with Crippen molar-refractivity contribution in [2.45, 2.75) is 44.9 Å². The molecule has 1 aromatic carbocycles. The molecule has 0 saturated carbocycles. The summed E-state index contributed by atoms with van der Waals surface area (Å²) in [7, 11) is 0. The first-order valence-corrected chi connectivity index (χ1v) is 9.95. The summed E-state index contributed by atoms with van der Waals surface area (Å²) in [4.78, 5) is 33.1. The first-order chi connectivity index (χ1) is 13.3. The van der Waals surface area contributed by atoms with E-state index >= 15 is 0 Å². The number of amides is 1. The van der Waals surface area contributed by atoms with Crippen molar-refractivity contribution in [3.8, 4) is 6.07 Å². The molecule has 0 radical (unpaired) electrons. The number of nitrogens with zero attached hydrogens (tertiary/aromatic N) is 3. The van der Waals surface area contributed by atoms with Gasteiger partial charge in [0.05, 0.1) is 11.6 Å². The maximum absolute atomic E-state index is 12.2. The monoisotopic (exact) mass is 398 g/mol. The molecular weight excluding hydrogens is 376 g/mol. The maximum Gasteiger partial charge on any atom is 0.306 e. The topological polar surface area (TPSA) is 105 Å².